The summed E-state index contributed by atoms with van der Waals surface area (Å²) in [4.78, 5) is 34.3. The van der Waals surface area contributed by atoms with Crippen molar-refractivity contribution in [2.45, 2.75) is 156 Å². The summed E-state index contributed by atoms with van der Waals surface area (Å²) in [5, 5.41) is 8.95. The molecule has 3 atom stereocenters. The molecule has 3 aliphatic rings. The van der Waals surface area contributed by atoms with Crippen molar-refractivity contribution in [1.82, 2.24) is 15.1 Å². The van der Waals surface area contributed by atoms with Crippen molar-refractivity contribution in [2.24, 2.45) is 10.8 Å². The summed E-state index contributed by atoms with van der Waals surface area (Å²) in [6.45, 7) is 18.7. The van der Waals surface area contributed by atoms with Gasteiger partial charge in [0.05, 0.1) is 0 Å². The highest BCUT2D eigenvalue weighted by atomic mass is 16.2. The Kier molecular flexibility index (Phi) is 17.0. The predicted octanol–water partition coefficient (Wildman–Crippen LogP) is 12.7. The Hall–Kier alpha value is -4.85. The summed E-state index contributed by atoms with van der Waals surface area (Å²) in [5.74, 6) is 0.810. The lowest BCUT2D eigenvalue weighted by Crippen LogP contribution is -2.43. The maximum atomic E-state index is 14.0. The van der Waals surface area contributed by atoms with Crippen LogP contribution in [0.4, 0.5) is 11.4 Å². The first kappa shape index (κ1) is 51.5. The van der Waals surface area contributed by atoms with Crippen LogP contribution < -0.4 is 15.5 Å². The second kappa shape index (κ2) is 23.1. The second-order valence-electron chi connectivity index (χ2n) is 23.3. The molecule has 2 fully saturated rings. The van der Waals surface area contributed by atoms with Crippen molar-refractivity contribution < 1.29 is 9.59 Å². The molecule has 0 aliphatic carbocycles. The first-order chi connectivity index (χ1) is 33.7. The number of nitrogens with one attached hydrogen (secondary N) is 2. The number of carbonyl (C=O) groups excluding carboxylic acids is 2. The van der Waals surface area contributed by atoms with Crippen LogP contribution in [0, 0.1) is 10.8 Å². The zero-order valence-corrected chi connectivity index (χ0v) is 44.3. The Balaban J connectivity index is 0.916. The van der Waals surface area contributed by atoms with E-state index in [0.717, 1.165) is 74.7 Å². The fourth-order valence-electron chi connectivity index (χ4n) is 11.9. The van der Waals surface area contributed by atoms with Gasteiger partial charge in [-0.15, -0.1) is 0 Å². The van der Waals surface area contributed by atoms with Gasteiger partial charge in [0.2, 0.25) is 0 Å². The monoisotopic (exact) mass is 940 g/mol. The minimum Gasteiger partial charge on any atom is -0.385 e. The van der Waals surface area contributed by atoms with E-state index in [2.05, 4.69) is 143 Å². The molecule has 0 aromatic heterocycles. The van der Waals surface area contributed by atoms with Crippen LogP contribution in [0.25, 0.3) is 10.8 Å². The van der Waals surface area contributed by atoms with Gasteiger partial charge in [-0.3, -0.25) is 19.4 Å². The van der Waals surface area contributed by atoms with Gasteiger partial charge in [0, 0.05) is 92.7 Å². The van der Waals surface area contributed by atoms with E-state index >= 15 is 0 Å². The molecule has 3 heterocycles. The van der Waals surface area contributed by atoms with Gasteiger partial charge in [-0.25, -0.2) is 0 Å². The van der Waals surface area contributed by atoms with Crippen molar-refractivity contribution in [3.63, 3.8) is 0 Å². The number of aryl methyl sites for hydroxylation is 1. The van der Waals surface area contributed by atoms with Gasteiger partial charge in [0.1, 0.15) is 14.6 Å². The third-order valence-electron chi connectivity index (χ3n) is 16.7. The summed E-state index contributed by atoms with van der Waals surface area (Å²) in [7, 11) is 6.73. The third kappa shape index (κ3) is 12.6. The number of hydrogen-bond acceptors (Lipinski definition) is 6. The molecule has 0 spiro atoms. The van der Waals surface area contributed by atoms with Crippen LogP contribution in [-0.4, -0.2) is 75.9 Å². The Bertz CT molecular complexity index is 2530. The number of amides is 2. The highest BCUT2D eigenvalue weighted by Crippen LogP contribution is 2.42. The van der Waals surface area contributed by atoms with Crippen LogP contribution in [0.3, 0.4) is 0 Å². The SMILES string of the molecule is CCCCNc1ccc2c3c(cccc13)C(=O)N(CCNCc1cc(CCCCC(C)N(Cc3ccc(N(C)C)cc3)Cc3ccccc3C3BCC(C)(C)CC3)ccc1C1BCC(C)(C)CC1)C2=O. The zero-order valence-electron chi connectivity index (χ0n) is 44.3. The normalized spacial score (nSPS) is 19.0. The molecule has 0 saturated carbocycles. The van der Waals surface area contributed by atoms with Crippen LogP contribution in [0.5, 0.6) is 0 Å². The molecule has 3 aliphatic heterocycles. The lowest BCUT2D eigenvalue weighted by atomic mass is 9.47. The highest BCUT2D eigenvalue weighted by molar-refractivity contribution is 6.39. The Labute approximate surface area is 423 Å². The smallest absolute Gasteiger partial charge is 0.261 e. The molecule has 7 nitrogen and oxygen atoms in total. The van der Waals surface area contributed by atoms with E-state index in [1.54, 1.807) is 5.56 Å². The average molecular weight is 940 g/mol. The van der Waals surface area contributed by atoms with Gasteiger partial charge in [-0.05, 0) is 132 Å². The summed E-state index contributed by atoms with van der Waals surface area (Å²) >= 11 is 0. The first-order valence-corrected chi connectivity index (χ1v) is 27.3. The van der Waals surface area contributed by atoms with E-state index in [4.69, 9.17) is 0 Å². The lowest BCUT2D eigenvalue weighted by Gasteiger charge is -2.36. The Morgan fingerprint density at radius 1 is 0.714 bits per heavy atom. The molecule has 8 rings (SSSR count). The van der Waals surface area contributed by atoms with Crippen LogP contribution in [0.2, 0.25) is 12.6 Å². The van der Waals surface area contributed by atoms with E-state index in [1.165, 1.54) is 97.7 Å². The summed E-state index contributed by atoms with van der Waals surface area (Å²) in [6.07, 6.45) is 14.3. The van der Waals surface area contributed by atoms with Crippen LogP contribution in [-0.2, 0) is 26.1 Å². The van der Waals surface area contributed by atoms with E-state index in [9.17, 15) is 9.59 Å². The molecule has 5 aromatic carbocycles. The van der Waals surface area contributed by atoms with Crippen LogP contribution >= 0.6 is 0 Å². The molecule has 0 bridgehead atoms. The van der Waals surface area contributed by atoms with Crippen molar-refractivity contribution in [1.29, 1.82) is 0 Å². The van der Waals surface area contributed by atoms with Crippen molar-refractivity contribution >= 4 is 48.5 Å². The Morgan fingerprint density at radius 3 is 2.06 bits per heavy atom. The number of anilines is 2. The summed E-state index contributed by atoms with van der Waals surface area (Å²) < 4.78 is 0. The molecule has 70 heavy (non-hydrogen) atoms. The topological polar surface area (TPSA) is 67.9 Å². The van der Waals surface area contributed by atoms with Crippen molar-refractivity contribution in [2.75, 3.05) is 43.9 Å². The molecule has 2 N–H and O–H groups in total. The quantitative estimate of drug-likeness (QED) is 0.0409. The average Bonchev–Trinajstić information content (AvgIpc) is 3.35. The standard InChI is InChI=1S/C61H83B2N5O2/c1-9-10-34-65-56-29-28-53-57-51(56)20-15-21-52(57)58(69)68(59(53)70)36-35-64-38-47-37-44(24-27-50(47)55-31-33-61(5,6)42-63-55)17-12-11-16-43(2)67(39-45-22-25-48(26-23-45)66(7)8)40-46-18-13-14-19-49(46)54-30-32-60(3,4)41-62-54/h13-15,18-29,37,43,54-55,62-65H,9-12,16-17,30-36,38-42H2,1-8H3. The molecule has 9 heteroatoms. The van der Waals surface area contributed by atoms with Gasteiger partial charge in [-0.2, -0.15) is 0 Å². The number of nitrogens with zero attached hydrogens (tertiary/aromatic N) is 3. The molecule has 0 radical (unpaired) electrons. The number of imide groups is 1. The first-order valence-electron chi connectivity index (χ1n) is 27.3. The second-order valence-corrected chi connectivity index (χ2v) is 23.3. The molecule has 2 saturated heterocycles. The highest BCUT2D eigenvalue weighted by Gasteiger charge is 2.34. The molecular formula is C61H83B2N5O2. The van der Waals surface area contributed by atoms with Gasteiger partial charge >= 0.3 is 0 Å². The van der Waals surface area contributed by atoms with E-state index in [-0.39, 0.29) is 11.8 Å². The summed E-state index contributed by atoms with van der Waals surface area (Å²) in [5.41, 5.74) is 13.0. The molecule has 2 amide bonds. The van der Waals surface area contributed by atoms with Gasteiger partial charge in [0.25, 0.3) is 11.8 Å². The van der Waals surface area contributed by atoms with Crippen molar-refractivity contribution in [3.8, 4) is 0 Å². The predicted molar refractivity (Wildman–Crippen MR) is 300 cm³/mol. The number of hydrogen-bond donors (Lipinski definition) is 2. The van der Waals surface area contributed by atoms with Crippen molar-refractivity contribution in [3.05, 3.63) is 142 Å². The lowest BCUT2D eigenvalue weighted by molar-refractivity contribution is 0.0612. The maximum absolute atomic E-state index is 14.0. The fraction of sp³-hybridized carbons (Fsp3) is 0.508. The maximum Gasteiger partial charge on any atom is 0.261 e. The van der Waals surface area contributed by atoms with E-state index in [1.807, 2.05) is 30.3 Å². The molecule has 370 valence electrons. The Morgan fingerprint density at radius 2 is 1.39 bits per heavy atom. The van der Waals surface area contributed by atoms with Gasteiger partial charge in [0.15, 0.2) is 0 Å². The molecule has 5 aromatic rings. The number of rotatable bonds is 22. The minimum absolute atomic E-state index is 0.201. The van der Waals surface area contributed by atoms with E-state index < -0.39 is 0 Å². The van der Waals surface area contributed by atoms with Crippen LogP contribution in [0.1, 0.15) is 165 Å². The molecule has 3 unspecified atom stereocenters. The number of benzene rings is 5. The molecular weight excluding hydrogens is 856 g/mol. The zero-order chi connectivity index (χ0) is 49.4. The van der Waals surface area contributed by atoms with Gasteiger partial charge < -0.3 is 15.5 Å². The largest absolute Gasteiger partial charge is 0.385 e. The number of unbranched alkanes of at least 4 members (excludes halogenated alkanes) is 2. The third-order valence-corrected chi connectivity index (χ3v) is 16.7. The number of carbonyl (C=O) groups is 2. The summed E-state index contributed by atoms with van der Waals surface area (Å²) in [6, 6.07) is 36.0. The fourth-order valence-corrected chi connectivity index (χ4v) is 11.9. The van der Waals surface area contributed by atoms with Gasteiger partial charge in [-0.1, -0.05) is 140 Å². The minimum atomic E-state index is -0.201. The van der Waals surface area contributed by atoms with Crippen LogP contribution in [0.15, 0.2) is 97.1 Å². The van der Waals surface area contributed by atoms with E-state index in [0.29, 0.717) is 52.7 Å².